The predicted octanol–water partition coefficient (Wildman–Crippen LogP) is 2.46. The zero-order chi connectivity index (χ0) is 21.0. The fourth-order valence-electron chi connectivity index (χ4n) is 2.96. The van der Waals surface area contributed by atoms with E-state index >= 15 is 0 Å². The Bertz CT molecular complexity index is 975. The number of hydrogen-bond donors (Lipinski definition) is 1. The van der Waals surface area contributed by atoms with Crippen LogP contribution in [0.1, 0.15) is 25.5 Å². The minimum absolute atomic E-state index is 0.0811. The van der Waals surface area contributed by atoms with E-state index in [0.29, 0.717) is 23.8 Å². The molecule has 0 spiro atoms. The van der Waals surface area contributed by atoms with Gasteiger partial charge in [-0.25, -0.2) is 8.42 Å². The summed E-state index contributed by atoms with van der Waals surface area (Å²) in [5.74, 6) is 1.31. The van der Waals surface area contributed by atoms with Crippen LogP contribution in [0.5, 0.6) is 17.2 Å². The van der Waals surface area contributed by atoms with Gasteiger partial charge in [0.25, 0.3) is 0 Å². The summed E-state index contributed by atoms with van der Waals surface area (Å²) >= 11 is 0. The Morgan fingerprint density at radius 2 is 1.86 bits per heavy atom. The number of fused-ring (bicyclic) bond motifs is 1. The van der Waals surface area contributed by atoms with Crippen molar-refractivity contribution in [1.29, 1.82) is 0 Å². The van der Waals surface area contributed by atoms with E-state index in [1.807, 2.05) is 38.1 Å². The first-order valence-electron chi connectivity index (χ1n) is 9.17. The van der Waals surface area contributed by atoms with Crippen molar-refractivity contribution in [2.45, 2.75) is 19.9 Å². The van der Waals surface area contributed by atoms with Gasteiger partial charge in [0.1, 0.15) is 12.3 Å². The van der Waals surface area contributed by atoms with E-state index < -0.39 is 15.9 Å². The first-order valence-corrected chi connectivity index (χ1v) is 11.0. The highest BCUT2D eigenvalue weighted by molar-refractivity contribution is 7.92. The Labute approximate surface area is 170 Å². The van der Waals surface area contributed by atoms with Crippen LogP contribution in [0.3, 0.4) is 0 Å². The fourth-order valence-corrected chi connectivity index (χ4v) is 3.81. The van der Waals surface area contributed by atoms with Crippen LogP contribution in [0.2, 0.25) is 0 Å². The van der Waals surface area contributed by atoms with Gasteiger partial charge < -0.3 is 19.5 Å². The number of amides is 1. The van der Waals surface area contributed by atoms with Crippen molar-refractivity contribution >= 4 is 21.6 Å². The highest BCUT2D eigenvalue weighted by Gasteiger charge is 2.24. The Morgan fingerprint density at radius 1 is 1.17 bits per heavy atom. The van der Waals surface area contributed by atoms with Crippen molar-refractivity contribution in [3.8, 4) is 17.2 Å². The number of benzene rings is 2. The zero-order valence-corrected chi connectivity index (χ0v) is 17.4. The second-order valence-corrected chi connectivity index (χ2v) is 8.51. The molecule has 2 aromatic rings. The molecule has 1 aliphatic heterocycles. The molecule has 0 radical (unpaired) electrons. The Kier molecular flexibility index (Phi) is 6.17. The van der Waals surface area contributed by atoms with Crippen LogP contribution in [0, 0.1) is 0 Å². The van der Waals surface area contributed by atoms with Crippen molar-refractivity contribution in [2.24, 2.45) is 0 Å². The molecule has 1 aliphatic rings. The molecule has 8 nitrogen and oxygen atoms in total. The first-order chi connectivity index (χ1) is 13.8. The summed E-state index contributed by atoms with van der Waals surface area (Å²) in [4.78, 5) is 12.6. The molecule has 29 heavy (non-hydrogen) atoms. The zero-order valence-electron chi connectivity index (χ0n) is 16.5. The lowest BCUT2D eigenvalue weighted by molar-refractivity contribution is -0.120. The summed E-state index contributed by atoms with van der Waals surface area (Å²) in [5.41, 5.74) is 1.22. The number of nitrogens with one attached hydrogen (secondary N) is 1. The van der Waals surface area contributed by atoms with Crippen LogP contribution in [-0.2, 0) is 14.8 Å². The summed E-state index contributed by atoms with van der Waals surface area (Å²) in [6.07, 6.45) is 1.06. The minimum atomic E-state index is -3.68. The molecule has 3 rings (SSSR count). The second kappa shape index (κ2) is 8.60. The van der Waals surface area contributed by atoms with E-state index in [4.69, 9.17) is 14.2 Å². The van der Waals surface area contributed by atoms with Crippen LogP contribution in [0.25, 0.3) is 0 Å². The molecule has 0 saturated heterocycles. The van der Waals surface area contributed by atoms with E-state index in [-0.39, 0.29) is 19.4 Å². The third-order valence-corrected chi connectivity index (χ3v) is 5.54. The maximum Gasteiger partial charge on any atom is 0.241 e. The number of rotatable bonds is 8. The lowest BCUT2D eigenvalue weighted by Crippen LogP contribution is -2.41. The van der Waals surface area contributed by atoms with Crippen molar-refractivity contribution in [2.75, 3.05) is 30.5 Å². The number of ether oxygens (including phenoxy) is 3. The lowest BCUT2D eigenvalue weighted by atomic mass is 10.1. The molecule has 0 fully saturated rings. The molecule has 0 aliphatic carbocycles. The lowest BCUT2D eigenvalue weighted by Gasteiger charge is -2.23. The van der Waals surface area contributed by atoms with Gasteiger partial charge in [-0.2, -0.15) is 0 Å². The topological polar surface area (TPSA) is 94.2 Å². The van der Waals surface area contributed by atoms with Crippen LogP contribution < -0.4 is 23.8 Å². The number of anilines is 1. The monoisotopic (exact) mass is 420 g/mol. The summed E-state index contributed by atoms with van der Waals surface area (Å²) in [6, 6.07) is 11.8. The SMILES string of the molecule is CCOc1ccc([C@@H](C)NC(=O)CN(c2ccc3c(c2)OCO3)S(C)(=O)=O)cc1. The molecule has 1 heterocycles. The van der Waals surface area contributed by atoms with Gasteiger partial charge in [0.2, 0.25) is 22.7 Å². The number of sulfonamides is 1. The third kappa shape index (κ3) is 5.11. The number of carbonyl (C=O) groups is 1. The van der Waals surface area contributed by atoms with Crippen LogP contribution in [0.15, 0.2) is 42.5 Å². The van der Waals surface area contributed by atoms with E-state index in [1.54, 1.807) is 18.2 Å². The molecular formula is C20H24N2O6S. The highest BCUT2D eigenvalue weighted by atomic mass is 32.2. The normalized spacial score (nSPS) is 13.6. The van der Waals surface area contributed by atoms with Crippen LogP contribution in [0.4, 0.5) is 5.69 Å². The van der Waals surface area contributed by atoms with Crippen molar-refractivity contribution in [3.05, 3.63) is 48.0 Å². The second-order valence-electron chi connectivity index (χ2n) is 6.60. The van der Waals surface area contributed by atoms with Gasteiger partial charge in [-0.05, 0) is 43.7 Å². The largest absolute Gasteiger partial charge is 0.494 e. The smallest absolute Gasteiger partial charge is 0.241 e. The summed E-state index contributed by atoms with van der Waals surface area (Å²) in [5, 5.41) is 2.83. The van der Waals surface area contributed by atoms with E-state index in [0.717, 1.165) is 21.9 Å². The molecule has 0 aromatic heterocycles. The summed E-state index contributed by atoms with van der Waals surface area (Å²) in [7, 11) is -3.68. The van der Waals surface area contributed by atoms with Gasteiger partial charge in [0.15, 0.2) is 11.5 Å². The fraction of sp³-hybridized carbons (Fsp3) is 0.350. The number of nitrogens with zero attached hydrogens (tertiary/aromatic N) is 1. The van der Waals surface area contributed by atoms with Gasteiger partial charge in [-0.1, -0.05) is 12.1 Å². The quantitative estimate of drug-likeness (QED) is 0.705. The van der Waals surface area contributed by atoms with E-state index in [1.165, 1.54) is 0 Å². The molecule has 1 N–H and O–H groups in total. The Morgan fingerprint density at radius 3 is 2.52 bits per heavy atom. The van der Waals surface area contributed by atoms with Crippen LogP contribution >= 0.6 is 0 Å². The molecule has 2 aromatic carbocycles. The van der Waals surface area contributed by atoms with E-state index in [2.05, 4.69) is 5.32 Å². The molecule has 1 atom stereocenters. The Hall–Kier alpha value is -2.94. The molecule has 9 heteroatoms. The minimum Gasteiger partial charge on any atom is -0.494 e. The highest BCUT2D eigenvalue weighted by Crippen LogP contribution is 2.36. The maximum atomic E-state index is 12.6. The molecule has 156 valence electrons. The van der Waals surface area contributed by atoms with Gasteiger partial charge in [0, 0.05) is 6.07 Å². The number of hydrogen-bond acceptors (Lipinski definition) is 6. The van der Waals surface area contributed by atoms with Gasteiger partial charge in [-0.3, -0.25) is 9.10 Å². The average molecular weight is 420 g/mol. The van der Waals surface area contributed by atoms with Crippen molar-refractivity contribution < 1.29 is 27.4 Å². The van der Waals surface area contributed by atoms with Crippen molar-refractivity contribution in [1.82, 2.24) is 5.32 Å². The van der Waals surface area contributed by atoms with Gasteiger partial charge in [0.05, 0.1) is 24.6 Å². The van der Waals surface area contributed by atoms with Crippen LogP contribution in [-0.4, -0.2) is 40.5 Å². The molecule has 0 saturated carbocycles. The molecule has 0 bridgehead atoms. The third-order valence-electron chi connectivity index (χ3n) is 4.40. The van der Waals surface area contributed by atoms with E-state index in [9.17, 15) is 13.2 Å². The Balaban J connectivity index is 1.70. The predicted molar refractivity (Wildman–Crippen MR) is 109 cm³/mol. The summed E-state index contributed by atoms with van der Waals surface area (Å²) < 4.78 is 41.6. The number of carbonyl (C=O) groups excluding carboxylic acids is 1. The molecule has 1 amide bonds. The first kappa shape index (κ1) is 20.8. The summed E-state index contributed by atoms with van der Waals surface area (Å²) in [6.45, 7) is 4.05. The average Bonchev–Trinajstić information content (AvgIpc) is 3.13. The standard InChI is InChI=1S/C20H24N2O6S/c1-4-26-17-8-5-15(6-9-17)14(2)21-20(23)12-22(29(3,24)25)16-7-10-18-19(11-16)28-13-27-18/h5-11,14H,4,12-13H2,1-3H3,(H,21,23)/t14-/m1/s1. The molecular weight excluding hydrogens is 396 g/mol. The van der Waals surface area contributed by atoms with Crippen molar-refractivity contribution in [3.63, 3.8) is 0 Å². The molecule has 0 unspecified atom stereocenters. The van der Waals surface area contributed by atoms with Gasteiger partial charge in [-0.15, -0.1) is 0 Å². The van der Waals surface area contributed by atoms with Gasteiger partial charge >= 0.3 is 0 Å². The maximum absolute atomic E-state index is 12.6.